The van der Waals surface area contributed by atoms with E-state index in [4.69, 9.17) is 10.9 Å². The number of nitrogens with two attached hydrogens (primary N) is 1. The second kappa shape index (κ2) is 10.1. The van der Waals surface area contributed by atoms with Gasteiger partial charge in [-0.15, -0.1) is 0 Å². The van der Waals surface area contributed by atoms with Crippen molar-refractivity contribution in [2.75, 3.05) is 5.32 Å². The third-order valence-electron chi connectivity index (χ3n) is 5.18. The van der Waals surface area contributed by atoms with Crippen LogP contribution in [0.3, 0.4) is 0 Å². The fourth-order valence-electron chi connectivity index (χ4n) is 3.65. The highest BCUT2D eigenvalue weighted by atomic mass is 16.4. The smallest absolute Gasteiger partial charge is 0.307 e. The van der Waals surface area contributed by atoms with Crippen LogP contribution in [0.5, 0.6) is 0 Å². The molecule has 31 heavy (non-hydrogen) atoms. The molecule has 164 valence electrons. The summed E-state index contributed by atoms with van der Waals surface area (Å²) in [6.07, 6.45) is -0.127. The van der Waals surface area contributed by atoms with Crippen LogP contribution in [0.25, 0.3) is 0 Å². The summed E-state index contributed by atoms with van der Waals surface area (Å²) in [5.74, 6) is 5.11. The number of allylic oxidation sites excluding steroid dienone is 2. The number of anilines is 1. The van der Waals surface area contributed by atoms with Gasteiger partial charge in [-0.25, -0.2) is 5.84 Å². The number of carboxylic acid groups (broad SMARTS) is 1. The third-order valence-corrected chi connectivity index (χ3v) is 5.18. The molecule has 0 radical (unpaired) electrons. The molecule has 0 spiro atoms. The molecule has 1 amide bonds. The fraction of sp³-hybridized carbons (Fsp3) is 0.280. The standard InChI is InChI=1S/C25H31N3O3/c1-15(2)22(13-23(29)30)19(6)28(26)14-20-7-9-21(10-8-20)27-25(31)24-17(4)11-16(3)12-18(24)5/h7-12H,1,13-14,26H2,2-6H3,(H,27,31)(H,29,30)/b22-19-. The topological polar surface area (TPSA) is 95.7 Å². The molecule has 0 saturated heterocycles. The number of nitrogens with one attached hydrogen (secondary N) is 1. The summed E-state index contributed by atoms with van der Waals surface area (Å²) in [6, 6.07) is 11.4. The summed E-state index contributed by atoms with van der Waals surface area (Å²) in [7, 11) is 0. The van der Waals surface area contributed by atoms with Gasteiger partial charge in [-0.05, 0) is 69.0 Å². The number of carbonyl (C=O) groups excluding carboxylic acids is 1. The quantitative estimate of drug-likeness (QED) is 0.321. The van der Waals surface area contributed by atoms with Gasteiger partial charge in [0.1, 0.15) is 0 Å². The van der Waals surface area contributed by atoms with Gasteiger partial charge in [0.25, 0.3) is 5.91 Å². The molecule has 0 unspecified atom stereocenters. The zero-order chi connectivity index (χ0) is 23.3. The number of carboxylic acids is 1. The average molecular weight is 422 g/mol. The van der Waals surface area contributed by atoms with Crippen LogP contribution in [0.1, 0.15) is 52.9 Å². The van der Waals surface area contributed by atoms with Crippen LogP contribution in [-0.4, -0.2) is 22.0 Å². The lowest BCUT2D eigenvalue weighted by molar-refractivity contribution is -0.136. The molecular weight excluding hydrogens is 390 g/mol. The van der Waals surface area contributed by atoms with Crippen molar-refractivity contribution in [3.8, 4) is 0 Å². The highest BCUT2D eigenvalue weighted by Gasteiger charge is 2.14. The molecule has 0 aliphatic carbocycles. The van der Waals surface area contributed by atoms with Crippen LogP contribution in [0, 0.1) is 20.8 Å². The normalized spacial score (nSPS) is 11.5. The summed E-state index contributed by atoms with van der Waals surface area (Å²) in [5.41, 5.74) is 7.29. The monoisotopic (exact) mass is 421 g/mol. The number of rotatable bonds is 8. The Morgan fingerprint density at radius 2 is 1.61 bits per heavy atom. The minimum atomic E-state index is -0.926. The van der Waals surface area contributed by atoms with Crippen LogP contribution in [0.4, 0.5) is 5.69 Å². The summed E-state index contributed by atoms with van der Waals surface area (Å²) < 4.78 is 0. The van der Waals surface area contributed by atoms with Crippen molar-refractivity contribution in [1.82, 2.24) is 5.01 Å². The van der Waals surface area contributed by atoms with Crippen molar-refractivity contribution in [1.29, 1.82) is 0 Å². The van der Waals surface area contributed by atoms with E-state index in [0.29, 0.717) is 34.6 Å². The highest BCUT2D eigenvalue weighted by molar-refractivity contribution is 6.06. The van der Waals surface area contributed by atoms with E-state index in [-0.39, 0.29) is 12.3 Å². The number of carbonyl (C=O) groups is 2. The summed E-state index contributed by atoms with van der Waals surface area (Å²) in [5, 5.41) is 13.6. The Morgan fingerprint density at radius 3 is 2.10 bits per heavy atom. The Kier molecular flexibility index (Phi) is 7.78. The lowest BCUT2D eigenvalue weighted by atomic mass is 9.99. The molecule has 0 fully saturated rings. The van der Waals surface area contributed by atoms with E-state index in [1.54, 1.807) is 13.8 Å². The van der Waals surface area contributed by atoms with Crippen LogP contribution < -0.4 is 11.2 Å². The maximum absolute atomic E-state index is 12.7. The molecule has 6 heteroatoms. The van der Waals surface area contributed by atoms with E-state index in [1.807, 2.05) is 57.2 Å². The first-order valence-corrected chi connectivity index (χ1v) is 10.1. The Balaban J connectivity index is 2.12. The summed E-state index contributed by atoms with van der Waals surface area (Å²) in [6.45, 7) is 13.7. The first kappa shape index (κ1) is 23.9. The molecule has 6 nitrogen and oxygen atoms in total. The van der Waals surface area contributed by atoms with Crippen molar-refractivity contribution < 1.29 is 14.7 Å². The largest absolute Gasteiger partial charge is 0.481 e. The minimum absolute atomic E-state index is 0.127. The molecule has 0 saturated carbocycles. The van der Waals surface area contributed by atoms with E-state index in [2.05, 4.69) is 11.9 Å². The Bertz CT molecular complexity index is 1010. The SMILES string of the molecule is C=C(C)/C(CC(=O)O)=C(/C)N(N)Cc1ccc(NC(=O)c2c(C)cc(C)cc2C)cc1. The van der Waals surface area contributed by atoms with Crippen LogP contribution >= 0.6 is 0 Å². The maximum atomic E-state index is 12.7. The number of hydrogen-bond donors (Lipinski definition) is 3. The number of hydrogen-bond acceptors (Lipinski definition) is 4. The van der Waals surface area contributed by atoms with Gasteiger partial charge in [-0.2, -0.15) is 0 Å². The maximum Gasteiger partial charge on any atom is 0.307 e. The van der Waals surface area contributed by atoms with Crippen molar-refractivity contribution in [3.05, 3.63) is 87.6 Å². The molecule has 4 N–H and O–H groups in total. The van der Waals surface area contributed by atoms with Gasteiger partial charge in [-0.3, -0.25) is 9.59 Å². The molecule has 0 atom stereocenters. The van der Waals surface area contributed by atoms with Gasteiger partial charge >= 0.3 is 5.97 Å². The van der Waals surface area contributed by atoms with Gasteiger partial charge in [-0.1, -0.05) is 42.0 Å². The van der Waals surface area contributed by atoms with Gasteiger partial charge in [0, 0.05) is 16.9 Å². The average Bonchev–Trinajstić information content (AvgIpc) is 2.65. The highest BCUT2D eigenvalue weighted by Crippen LogP contribution is 2.21. The minimum Gasteiger partial charge on any atom is -0.481 e. The molecule has 0 aliphatic rings. The van der Waals surface area contributed by atoms with E-state index in [1.165, 1.54) is 5.01 Å². The van der Waals surface area contributed by atoms with Crippen LogP contribution in [-0.2, 0) is 11.3 Å². The number of aryl methyl sites for hydroxylation is 3. The van der Waals surface area contributed by atoms with Crippen LogP contribution in [0.15, 0.2) is 59.8 Å². The lowest BCUT2D eigenvalue weighted by Crippen LogP contribution is -2.30. The number of hydrazine groups is 1. The third kappa shape index (κ3) is 6.30. The summed E-state index contributed by atoms with van der Waals surface area (Å²) in [4.78, 5) is 23.9. The van der Waals surface area contributed by atoms with Gasteiger partial charge < -0.3 is 15.4 Å². The fourth-order valence-corrected chi connectivity index (χ4v) is 3.65. The van der Waals surface area contributed by atoms with Crippen LogP contribution in [0.2, 0.25) is 0 Å². The lowest BCUT2D eigenvalue weighted by Gasteiger charge is -2.23. The molecule has 2 aromatic carbocycles. The molecule has 0 aromatic heterocycles. The second-order valence-corrected chi connectivity index (χ2v) is 7.97. The molecule has 0 bridgehead atoms. The number of aliphatic carboxylic acids is 1. The zero-order valence-corrected chi connectivity index (χ0v) is 18.9. The van der Waals surface area contributed by atoms with E-state index >= 15 is 0 Å². The summed E-state index contributed by atoms with van der Waals surface area (Å²) >= 11 is 0. The second-order valence-electron chi connectivity index (χ2n) is 7.97. The van der Waals surface area contributed by atoms with Crippen molar-refractivity contribution in [2.24, 2.45) is 5.84 Å². The van der Waals surface area contributed by atoms with Gasteiger partial charge in [0.2, 0.25) is 0 Å². The van der Waals surface area contributed by atoms with Crippen molar-refractivity contribution in [2.45, 2.75) is 47.6 Å². The van der Waals surface area contributed by atoms with E-state index < -0.39 is 5.97 Å². The van der Waals surface area contributed by atoms with Crippen molar-refractivity contribution >= 4 is 17.6 Å². The number of amides is 1. The molecule has 2 aromatic rings. The Hall–Kier alpha value is -3.38. The Labute approximate surface area is 184 Å². The first-order chi connectivity index (χ1) is 14.5. The van der Waals surface area contributed by atoms with Gasteiger partial charge in [0.15, 0.2) is 0 Å². The number of benzene rings is 2. The van der Waals surface area contributed by atoms with E-state index in [9.17, 15) is 9.59 Å². The predicted octanol–water partition coefficient (Wildman–Crippen LogP) is 4.86. The molecular formula is C25H31N3O3. The van der Waals surface area contributed by atoms with Crippen molar-refractivity contribution in [3.63, 3.8) is 0 Å². The van der Waals surface area contributed by atoms with Gasteiger partial charge in [0.05, 0.1) is 13.0 Å². The number of nitrogens with zero attached hydrogens (tertiary/aromatic N) is 1. The predicted molar refractivity (Wildman–Crippen MR) is 125 cm³/mol. The molecule has 2 rings (SSSR count). The zero-order valence-electron chi connectivity index (χ0n) is 18.9. The van der Waals surface area contributed by atoms with E-state index in [0.717, 1.165) is 22.3 Å². The molecule has 0 heterocycles. The first-order valence-electron chi connectivity index (χ1n) is 10.1. The molecule has 0 aliphatic heterocycles. The Morgan fingerprint density at radius 1 is 1.06 bits per heavy atom.